The summed E-state index contributed by atoms with van der Waals surface area (Å²) in [4.78, 5) is 13.7. The Morgan fingerprint density at radius 3 is 2.41 bits per heavy atom. The van der Waals surface area contributed by atoms with Gasteiger partial charge in [-0.25, -0.2) is 9.97 Å². The number of para-hydroxylation sites is 1. The summed E-state index contributed by atoms with van der Waals surface area (Å²) in [6, 6.07) is 19.3. The number of nitrogens with zero attached hydrogens (tertiary/aromatic N) is 4. The molecule has 0 spiro atoms. The number of nitrogen functional groups attached to an aromatic ring is 1. The second-order valence-corrected chi connectivity index (χ2v) is 8.09. The highest BCUT2D eigenvalue weighted by atomic mass is 15.3. The van der Waals surface area contributed by atoms with Crippen molar-refractivity contribution in [2.45, 2.75) is 25.7 Å². The van der Waals surface area contributed by atoms with E-state index < -0.39 is 0 Å². The van der Waals surface area contributed by atoms with Crippen LogP contribution in [0.15, 0.2) is 60.9 Å². The van der Waals surface area contributed by atoms with Gasteiger partial charge in [0.15, 0.2) is 11.6 Å². The number of hydrogen-bond acceptors (Lipinski definition) is 5. The van der Waals surface area contributed by atoms with Crippen LogP contribution in [0.2, 0.25) is 0 Å². The molecule has 1 aromatic heterocycles. The van der Waals surface area contributed by atoms with Gasteiger partial charge in [0.05, 0.1) is 0 Å². The minimum Gasteiger partial charge on any atom is -0.393 e. The molecule has 3 aromatic rings. The Morgan fingerprint density at radius 2 is 1.59 bits per heavy atom. The lowest BCUT2D eigenvalue weighted by molar-refractivity contribution is 0.402. The standard InChI is InChI=1S/C24H27N5/c25-22-23(28-13-10-19(11-14-28)16-18-6-2-1-3-7-18)26-17-27-24(22)29-15-12-20-8-4-5-9-21(20)29/h1-9,17,19H,10-16,25H2. The van der Waals surface area contributed by atoms with Crippen molar-refractivity contribution in [1.82, 2.24) is 9.97 Å². The SMILES string of the molecule is Nc1c(N2CCC(Cc3ccccc3)CC2)ncnc1N1CCc2ccccc21. The van der Waals surface area contributed by atoms with E-state index in [4.69, 9.17) is 5.73 Å². The average Bonchev–Trinajstić information content (AvgIpc) is 3.19. The van der Waals surface area contributed by atoms with E-state index in [1.165, 1.54) is 29.7 Å². The fraction of sp³-hybridized carbons (Fsp3) is 0.333. The third-order valence-corrected chi connectivity index (χ3v) is 6.27. The first-order valence-electron chi connectivity index (χ1n) is 10.5. The molecular weight excluding hydrogens is 358 g/mol. The van der Waals surface area contributed by atoms with E-state index >= 15 is 0 Å². The van der Waals surface area contributed by atoms with Crippen LogP contribution < -0.4 is 15.5 Å². The number of nitrogens with two attached hydrogens (primary N) is 1. The summed E-state index contributed by atoms with van der Waals surface area (Å²) in [5.41, 5.74) is 11.3. The second-order valence-electron chi connectivity index (χ2n) is 8.09. The van der Waals surface area contributed by atoms with Crippen molar-refractivity contribution >= 4 is 23.0 Å². The van der Waals surface area contributed by atoms with Gasteiger partial charge >= 0.3 is 0 Å². The van der Waals surface area contributed by atoms with Gasteiger partial charge in [0.25, 0.3) is 0 Å². The normalized spacial score (nSPS) is 16.8. The molecule has 29 heavy (non-hydrogen) atoms. The molecule has 0 amide bonds. The van der Waals surface area contributed by atoms with E-state index in [0.717, 1.165) is 50.0 Å². The van der Waals surface area contributed by atoms with Crippen LogP contribution in [0.25, 0.3) is 0 Å². The molecule has 0 atom stereocenters. The zero-order valence-corrected chi connectivity index (χ0v) is 16.7. The summed E-state index contributed by atoms with van der Waals surface area (Å²) in [6.45, 7) is 2.91. The van der Waals surface area contributed by atoms with Gasteiger partial charge in [-0.1, -0.05) is 48.5 Å². The highest BCUT2D eigenvalue weighted by Crippen LogP contribution is 2.39. The van der Waals surface area contributed by atoms with Crippen molar-refractivity contribution in [3.05, 3.63) is 72.1 Å². The van der Waals surface area contributed by atoms with Crippen LogP contribution >= 0.6 is 0 Å². The molecule has 0 radical (unpaired) electrons. The minimum absolute atomic E-state index is 0.700. The van der Waals surface area contributed by atoms with Gasteiger partial charge in [-0.15, -0.1) is 0 Å². The van der Waals surface area contributed by atoms with E-state index in [9.17, 15) is 0 Å². The molecule has 148 valence electrons. The van der Waals surface area contributed by atoms with E-state index in [2.05, 4.69) is 74.4 Å². The van der Waals surface area contributed by atoms with Gasteiger partial charge in [0.1, 0.15) is 12.0 Å². The number of benzene rings is 2. The maximum absolute atomic E-state index is 6.60. The molecule has 2 aromatic carbocycles. The summed E-state index contributed by atoms with van der Waals surface area (Å²) in [6.07, 6.45) is 6.18. The van der Waals surface area contributed by atoms with Crippen LogP contribution in [0.3, 0.4) is 0 Å². The largest absolute Gasteiger partial charge is 0.393 e. The van der Waals surface area contributed by atoms with Crippen molar-refractivity contribution in [1.29, 1.82) is 0 Å². The van der Waals surface area contributed by atoms with Crippen LogP contribution in [-0.4, -0.2) is 29.6 Å². The molecule has 5 heteroatoms. The first-order chi connectivity index (χ1) is 14.3. The predicted molar refractivity (Wildman–Crippen MR) is 119 cm³/mol. The lowest BCUT2D eigenvalue weighted by atomic mass is 9.90. The summed E-state index contributed by atoms with van der Waals surface area (Å²) in [7, 11) is 0. The number of hydrogen-bond donors (Lipinski definition) is 1. The number of fused-ring (bicyclic) bond motifs is 1. The topological polar surface area (TPSA) is 58.3 Å². The van der Waals surface area contributed by atoms with Crippen LogP contribution in [0.1, 0.15) is 24.0 Å². The molecular formula is C24H27N5. The van der Waals surface area contributed by atoms with Gasteiger partial charge < -0.3 is 15.5 Å². The Labute approximate surface area is 172 Å². The second kappa shape index (κ2) is 7.74. The third kappa shape index (κ3) is 3.53. The Balaban J connectivity index is 1.31. The van der Waals surface area contributed by atoms with Gasteiger partial charge in [-0.3, -0.25) is 0 Å². The minimum atomic E-state index is 0.700. The first kappa shape index (κ1) is 18.0. The molecule has 2 aliphatic rings. The van der Waals surface area contributed by atoms with Crippen molar-refractivity contribution in [2.24, 2.45) is 5.92 Å². The lowest BCUT2D eigenvalue weighted by Gasteiger charge is -2.34. The molecule has 5 rings (SSSR count). The monoisotopic (exact) mass is 385 g/mol. The molecule has 0 unspecified atom stereocenters. The van der Waals surface area contributed by atoms with Gasteiger partial charge in [0, 0.05) is 25.3 Å². The molecule has 2 aliphatic heterocycles. The first-order valence-corrected chi connectivity index (χ1v) is 10.5. The van der Waals surface area contributed by atoms with Crippen LogP contribution in [-0.2, 0) is 12.8 Å². The van der Waals surface area contributed by atoms with Crippen molar-refractivity contribution < 1.29 is 0 Å². The van der Waals surface area contributed by atoms with E-state index in [-0.39, 0.29) is 0 Å². The van der Waals surface area contributed by atoms with Crippen molar-refractivity contribution in [2.75, 3.05) is 35.2 Å². The fourth-order valence-corrected chi connectivity index (χ4v) is 4.70. The van der Waals surface area contributed by atoms with Crippen molar-refractivity contribution in [3.8, 4) is 0 Å². The molecule has 0 aliphatic carbocycles. The van der Waals surface area contributed by atoms with Crippen LogP contribution in [0.5, 0.6) is 0 Å². The van der Waals surface area contributed by atoms with Crippen LogP contribution in [0, 0.1) is 5.92 Å². The quantitative estimate of drug-likeness (QED) is 0.729. The van der Waals surface area contributed by atoms with Gasteiger partial charge in [-0.05, 0) is 48.8 Å². The number of rotatable bonds is 4. The zero-order chi connectivity index (χ0) is 19.6. The highest BCUT2D eigenvalue weighted by molar-refractivity contribution is 5.81. The maximum atomic E-state index is 6.60. The number of anilines is 4. The maximum Gasteiger partial charge on any atom is 0.161 e. The molecule has 0 saturated carbocycles. The predicted octanol–water partition coefficient (Wildman–Crippen LogP) is 4.21. The zero-order valence-electron chi connectivity index (χ0n) is 16.7. The summed E-state index contributed by atoms with van der Waals surface area (Å²) in [5, 5.41) is 0. The van der Waals surface area contributed by atoms with E-state index in [1.54, 1.807) is 6.33 Å². The lowest BCUT2D eigenvalue weighted by Crippen LogP contribution is -2.35. The molecule has 3 heterocycles. The summed E-state index contributed by atoms with van der Waals surface area (Å²) < 4.78 is 0. The fourth-order valence-electron chi connectivity index (χ4n) is 4.70. The van der Waals surface area contributed by atoms with E-state index in [0.29, 0.717) is 5.69 Å². The van der Waals surface area contributed by atoms with Gasteiger partial charge in [-0.2, -0.15) is 0 Å². The number of piperidine rings is 1. The number of aromatic nitrogens is 2. The molecule has 1 saturated heterocycles. The van der Waals surface area contributed by atoms with E-state index in [1.807, 2.05) is 0 Å². The Kier molecular flexibility index (Phi) is 4.80. The smallest absolute Gasteiger partial charge is 0.161 e. The summed E-state index contributed by atoms with van der Waals surface area (Å²) in [5.74, 6) is 2.45. The van der Waals surface area contributed by atoms with Crippen LogP contribution in [0.4, 0.5) is 23.0 Å². The Hall–Kier alpha value is -3.08. The van der Waals surface area contributed by atoms with Crippen molar-refractivity contribution in [3.63, 3.8) is 0 Å². The third-order valence-electron chi connectivity index (χ3n) is 6.27. The van der Waals surface area contributed by atoms with Gasteiger partial charge in [0.2, 0.25) is 0 Å². The molecule has 2 N–H and O–H groups in total. The Morgan fingerprint density at radius 1 is 0.862 bits per heavy atom. The Bertz CT molecular complexity index is 980. The molecule has 1 fully saturated rings. The average molecular weight is 386 g/mol. The molecule has 5 nitrogen and oxygen atoms in total. The highest BCUT2D eigenvalue weighted by Gasteiger charge is 2.27. The molecule has 0 bridgehead atoms. The summed E-state index contributed by atoms with van der Waals surface area (Å²) >= 11 is 0.